The summed E-state index contributed by atoms with van der Waals surface area (Å²) in [6, 6.07) is 5.76. The number of benzene rings is 1. The first-order chi connectivity index (χ1) is 14.9. The summed E-state index contributed by atoms with van der Waals surface area (Å²) in [7, 11) is 8.71. The van der Waals surface area contributed by atoms with Gasteiger partial charge in [0, 0.05) is 59.0 Å². The molecule has 1 amide bonds. The molecule has 1 heterocycles. The predicted octanol–water partition coefficient (Wildman–Crippen LogP) is 1.51. The maximum Gasteiger partial charge on any atom is 0.243 e. The van der Waals surface area contributed by atoms with Crippen LogP contribution >= 0.6 is 24.0 Å². The van der Waals surface area contributed by atoms with Gasteiger partial charge in [-0.15, -0.1) is 24.0 Å². The van der Waals surface area contributed by atoms with Crippen molar-refractivity contribution in [2.75, 3.05) is 81.3 Å². The van der Waals surface area contributed by atoms with E-state index in [-0.39, 0.29) is 36.4 Å². The lowest BCUT2D eigenvalue weighted by atomic mass is 10.2. The van der Waals surface area contributed by atoms with Crippen LogP contribution in [0.15, 0.2) is 23.2 Å². The molecule has 0 aliphatic carbocycles. The molecular weight excluding hydrogens is 525 g/mol. The van der Waals surface area contributed by atoms with Crippen molar-refractivity contribution in [2.45, 2.75) is 13.0 Å². The van der Waals surface area contributed by atoms with Crippen molar-refractivity contribution in [3.63, 3.8) is 0 Å². The highest BCUT2D eigenvalue weighted by atomic mass is 127. The lowest BCUT2D eigenvalue weighted by Gasteiger charge is -2.27. The van der Waals surface area contributed by atoms with Crippen molar-refractivity contribution in [1.29, 1.82) is 0 Å². The summed E-state index contributed by atoms with van der Waals surface area (Å²) in [5, 5.41) is 3.42. The Morgan fingerprint density at radius 1 is 1.19 bits per heavy atom. The molecule has 0 spiro atoms. The highest BCUT2D eigenvalue weighted by molar-refractivity contribution is 14.0. The zero-order valence-corrected chi connectivity index (χ0v) is 22.3. The number of hydrogen-bond donors (Lipinski definition) is 1. The fourth-order valence-corrected chi connectivity index (χ4v) is 3.24. The minimum absolute atomic E-state index is 0. The Morgan fingerprint density at radius 2 is 1.91 bits per heavy atom. The van der Waals surface area contributed by atoms with Crippen LogP contribution in [0.1, 0.15) is 12.0 Å². The first-order valence-corrected chi connectivity index (χ1v) is 10.6. The summed E-state index contributed by atoms with van der Waals surface area (Å²) in [6.45, 7) is 6.04. The minimum Gasteiger partial charge on any atom is -0.497 e. The molecule has 1 fully saturated rings. The Kier molecular flexibility index (Phi) is 13.3. The second kappa shape index (κ2) is 15.1. The third-order valence-electron chi connectivity index (χ3n) is 5.16. The van der Waals surface area contributed by atoms with Gasteiger partial charge in [0.2, 0.25) is 5.91 Å². The second-order valence-corrected chi connectivity index (χ2v) is 7.70. The number of amides is 1. The van der Waals surface area contributed by atoms with Gasteiger partial charge in [0.1, 0.15) is 18.0 Å². The Hall–Kier alpha value is -1.79. The summed E-state index contributed by atoms with van der Waals surface area (Å²) >= 11 is 0. The number of rotatable bonds is 10. The van der Waals surface area contributed by atoms with Gasteiger partial charge in [-0.3, -0.25) is 9.69 Å². The third-order valence-corrected chi connectivity index (χ3v) is 5.16. The van der Waals surface area contributed by atoms with Crippen molar-refractivity contribution in [3.8, 4) is 11.5 Å². The SMILES string of the molecule is COc1ccc(CN(C)C(=NCC(=O)N(C)C)NCCCN2CCOCC2)c(OC)c1.I. The molecule has 0 atom stereocenters. The number of nitrogens with zero attached hydrogens (tertiary/aromatic N) is 4. The van der Waals surface area contributed by atoms with Crippen LogP contribution in [0.25, 0.3) is 0 Å². The number of likely N-dealkylation sites (N-methyl/N-ethyl adjacent to an activating group) is 1. The zero-order valence-electron chi connectivity index (χ0n) is 19.9. The molecule has 0 saturated carbocycles. The van der Waals surface area contributed by atoms with Gasteiger partial charge in [0.25, 0.3) is 0 Å². The first-order valence-electron chi connectivity index (χ1n) is 10.6. The number of aliphatic imine (C=N–C) groups is 1. The zero-order chi connectivity index (χ0) is 22.6. The van der Waals surface area contributed by atoms with E-state index in [0.29, 0.717) is 12.5 Å². The number of morpholine rings is 1. The maximum absolute atomic E-state index is 12.1. The molecule has 0 aromatic heterocycles. The topological polar surface area (TPSA) is 78.9 Å². The largest absolute Gasteiger partial charge is 0.497 e. The standard InChI is InChI=1S/C22H37N5O4.HI/c1-25(2)21(28)16-24-22(23-9-6-10-27-11-13-31-14-12-27)26(3)17-18-7-8-19(29-4)15-20(18)30-5;/h7-8,15H,6,9-14,16-17H2,1-5H3,(H,23,24);1H. The van der Waals surface area contributed by atoms with E-state index in [4.69, 9.17) is 14.2 Å². The Labute approximate surface area is 209 Å². The third kappa shape index (κ3) is 9.37. The van der Waals surface area contributed by atoms with Gasteiger partial charge in [-0.2, -0.15) is 0 Å². The first kappa shape index (κ1) is 28.2. The molecule has 1 aliphatic heterocycles. The van der Waals surface area contributed by atoms with E-state index in [1.165, 1.54) is 0 Å². The maximum atomic E-state index is 12.1. The lowest BCUT2D eigenvalue weighted by Crippen LogP contribution is -2.42. The number of carbonyl (C=O) groups is 1. The van der Waals surface area contributed by atoms with Crippen molar-refractivity contribution < 1.29 is 19.0 Å². The fraction of sp³-hybridized carbons (Fsp3) is 0.636. The fourth-order valence-electron chi connectivity index (χ4n) is 3.24. The van der Waals surface area contributed by atoms with Crippen LogP contribution in [0.4, 0.5) is 0 Å². The van der Waals surface area contributed by atoms with Gasteiger partial charge in [-0.05, 0) is 25.1 Å². The van der Waals surface area contributed by atoms with Crippen molar-refractivity contribution in [2.24, 2.45) is 4.99 Å². The summed E-state index contributed by atoms with van der Waals surface area (Å²) in [6.07, 6.45) is 0.986. The van der Waals surface area contributed by atoms with Crippen LogP contribution in [0.2, 0.25) is 0 Å². The van der Waals surface area contributed by atoms with E-state index < -0.39 is 0 Å². The van der Waals surface area contributed by atoms with E-state index in [1.807, 2.05) is 30.1 Å². The number of methoxy groups -OCH3 is 2. The average molecular weight is 563 g/mol. The monoisotopic (exact) mass is 563 g/mol. The normalized spacial score (nSPS) is 14.3. The minimum atomic E-state index is -0.0388. The van der Waals surface area contributed by atoms with Gasteiger partial charge in [-0.25, -0.2) is 4.99 Å². The molecule has 1 aromatic carbocycles. The lowest BCUT2D eigenvalue weighted by molar-refractivity contribution is -0.127. The molecule has 0 bridgehead atoms. The molecule has 0 radical (unpaired) electrons. The summed E-state index contributed by atoms with van der Waals surface area (Å²) < 4.78 is 16.2. The van der Waals surface area contributed by atoms with Crippen LogP contribution in [-0.2, 0) is 16.1 Å². The van der Waals surface area contributed by atoms with Crippen LogP contribution in [0, 0.1) is 0 Å². The summed E-state index contributed by atoms with van der Waals surface area (Å²) in [5.74, 6) is 2.15. The quantitative estimate of drug-likeness (QED) is 0.200. The van der Waals surface area contributed by atoms with Gasteiger partial charge < -0.3 is 29.3 Å². The summed E-state index contributed by atoms with van der Waals surface area (Å²) in [5.41, 5.74) is 1.01. The van der Waals surface area contributed by atoms with Crippen molar-refractivity contribution in [3.05, 3.63) is 23.8 Å². The van der Waals surface area contributed by atoms with Crippen LogP contribution in [0.5, 0.6) is 11.5 Å². The molecule has 9 nitrogen and oxygen atoms in total. The Morgan fingerprint density at radius 3 is 2.53 bits per heavy atom. The highest BCUT2D eigenvalue weighted by Gasteiger charge is 2.14. The van der Waals surface area contributed by atoms with E-state index in [1.54, 1.807) is 33.2 Å². The van der Waals surface area contributed by atoms with E-state index in [9.17, 15) is 4.79 Å². The number of carbonyl (C=O) groups excluding carboxylic acids is 1. The Balaban J connectivity index is 0.00000512. The number of halogens is 1. The predicted molar refractivity (Wildman–Crippen MR) is 137 cm³/mol. The van der Waals surface area contributed by atoms with Crippen LogP contribution < -0.4 is 14.8 Å². The van der Waals surface area contributed by atoms with Gasteiger partial charge >= 0.3 is 0 Å². The molecule has 0 unspecified atom stereocenters. The van der Waals surface area contributed by atoms with Gasteiger partial charge in [0.05, 0.1) is 27.4 Å². The Bertz CT molecular complexity index is 726. The molecule has 1 aliphatic rings. The van der Waals surface area contributed by atoms with Gasteiger partial charge in [-0.1, -0.05) is 0 Å². The summed E-state index contributed by atoms with van der Waals surface area (Å²) in [4.78, 5) is 22.6. The molecule has 32 heavy (non-hydrogen) atoms. The highest BCUT2D eigenvalue weighted by Crippen LogP contribution is 2.25. The average Bonchev–Trinajstić information content (AvgIpc) is 2.79. The smallest absolute Gasteiger partial charge is 0.243 e. The number of ether oxygens (including phenoxy) is 3. The molecular formula is C22H38IN5O4. The molecule has 1 aromatic rings. The number of nitrogens with one attached hydrogen (secondary N) is 1. The second-order valence-electron chi connectivity index (χ2n) is 7.70. The van der Waals surface area contributed by atoms with E-state index in [2.05, 4.69) is 15.2 Å². The number of guanidine groups is 1. The van der Waals surface area contributed by atoms with E-state index >= 15 is 0 Å². The molecule has 2 rings (SSSR count). The van der Waals surface area contributed by atoms with E-state index in [0.717, 1.165) is 62.9 Å². The molecule has 1 saturated heterocycles. The van der Waals surface area contributed by atoms with Gasteiger partial charge in [0.15, 0.2) is 5.96 Å². The molecule has 182 valence electrons. The molecule has 1 N–H and O–H groups in total. The van der Waals surface area contributed by atoms with Crippen molar-refractivity contribution in [1.82, 2.24) is 20.0 Å². The van der Waals surface area contributed by atoms with Crippen LogP contribution in [0.3, 0.4) is 0 Å². The van der Waals surface area contributed by atoms with Crippen LogP contribution in [-0.4, -0.2) is 108 Å². The molecule has 10 heteroatoms. The van der Waals surface area contributed by atoms with Crippen molar-refractivity contribution >= 4 is 35.8 Å². The number of hydrogen-bond acceptors (Lipinski definition) is 6.